The van der Waals surface area contributed by atoms with Crippen LogP contribution < -0.4 is 16.1 Å². The number of hydrazone groups is 1. The topological polar surface area (TPSA) is 100 Å². The predicted octanol–water partition coefficient (Wildman–Crippen LogP) is 0.943. The first kappa shape index (κ1) is 20.4. The highest BCUT2D eigenvalue weighted by molar-refractivity contribution is 6.04. The Morgan fingerprint density at radius 3 is 2.34 bits per heavy atom. The molecule has 1 amide bonds. The maximum absolute atomic E-state index is 12.7. The molecule has 0 saturated heterocycles. The molecule has 0 bridgehead atoms. The van der Waals surface area contributed by atoms with Crippen molar-refractivity contribution in [3.63, 3.8) is 0 Å². The number of amides is 1. The van der Waals surface area contributed by atoms with Gasteiger partial charge in [-0.1, -0.05) is 19.1 Å². The first-order chi connectivity index (χ1) is 13.7. The Bertz CT molecular complexity index is 1100. The van der Waals surface area contributed by atoms with Crippen LogP contribution in [0.5, 0.6) is 5.88 Å². The number of benzene rings is 1. The summed E-state index contributed by atoms with van der Waals surface area (Å²) in [6.45, 7) is 1.74. The number of aromatic hydroxyl groups is 1. The summed E-state index contributed by atoms with van der Waals surface area (Å²) in [6.07, 6.45) is 0.508. The van der Waals surface area contributed by atoms with E-state index in [1.807, 2.05) is 43.3 Å². The number of rotatable bonds is 4. The van der Waals surface area contributed by atoms with E-state index in [4.69, 9.17) is 0 Å². The number of carbonyl (C=O) groups is 1. The molecule has 0 saturated carbocycles. The Balaban J connectivity index is 2.09. The van der Waals surface area contributed by atoms with E-state index in [0.29, 0.717) is 0 Å². The molecule has 0 aliphatic carbocycles. The lowest BCUT2D eigenvalue weighted by atomic mass is 9.98. The van der Waals surface area contributed by atoms with Crippen molar-refractivity contribution >= 4 is 17.3 Å². The van der Waals surface area contributed by atoms with Crippen LogP contribution in [0.25, 0.3) is 0 Å². The number of nitrogens with zero attached hydrogens (tertiary/aromatic N) is 5. The monoisotopic (exact) mass is 399 g/mol. The van der Waals surface area contributed by atoms with Crippen LogP contribution in [0.4, 0.5) is 5.69 Å². The van der Waals surface area contributed by atoms with E-state index in [0.717, 1.165) is 20.4 Å². The molecule has 0 unspecified atom stereocenters. The van der Waals surface area contributed by atoms with Crippen molar-refractivity contribution in [1.29, 1.82) is 0 Å². The molecule has 1 atom stereocenters. The average molecular weight is 399 g/mol. The molecule has 9 nitrogen and oxygen atoms in total. The summed E-state index contributed by atoms with van der Waals surface area (Å²) in [7, 11) is 6.60. The highest BCUT2D eigenvalue weighted by Crippen LogP contribution is 2.34. The van der Waals surface area contributed by atoms with Gasteiger partial charge in [0, 0.05) is 46.7 Å². The second-order valence-corrected chi connectivity index (χ2v) is 7.25. The molecule has 2 heterocycles. The van der Waals surface area contributed by atoms with Crippen LogP contribution in [-0.2, 0) is 18.9 Å². The van der Waals surface area contributed by atoms with Crippen LogP contribution in [-0.4, -0.2) is 45.0 Å². The van der Waals surface area contributed by atoms with Gasteiger partial charge in [-0.3, -0.25) is 18.7 Å². The van der Waals surface area contributed by atoms with E-state index in [1.165, 1.54) is 19.1 Å². The predicted molar refractivity (Wildman–Crippen MR) is 110 cm³/mol. The lowest BCUT2D eigenvalue weighted by Gasteiger charge is -2.22. The highest BCUT2D eigenvalue weighted by atomic mass is 16.3. The van der Waals surface area contributed by atoms with Crippen LogP contribution >= 0.6 is 0 Å². The van der Waals surface area contributed by atoms with Gasteiger partial charge in [-0.05, 0) is 17.7 Å². The lowest BCUT2D eigenvalue weighted by Crippen LogP contribution is -2.39. The van der Waals surface area contributed by atoms with Gasteiger partial charge in [0.2, 0.25) is 11.8 Å². The first-order valence-corrected chi connectivity index (χ1v) is 9.33. The Morgan fingerprint density at radius 2 is 1.79 bits per heavy atom. The van der Waals surface area contributed by atoms with Crippen molar-refractivity contribution in [2.45, 2.75) is 25.8 Å². The number of aromatic nitrogens is 2. The Hall–Kier alpha value is -3.36. The van der Waals surface area contributed by atoms with E-state index < -0.39 is 23.2 Å². The summed E-state index contributed by atoms with van der Waals surface area (Å²) in [5.41, 5.74) is 0.838. The number of anilines is 1. The molecule has 1 N–H and O–H groups in total. The lowest BCUT2D eigenvalue weighted by molar-refractivity contribution is -0.132. The highest BCUT2D eigenvalue weighted by Gasteiger charge is 2.35. The quantitative estimate of drug-likeness (QED) is 0.825. The molecule has 0 fully saturated rings. The van der Waals surface area contributed by atoms with Crippen LogP contribution in [0.2, 0.25) is 0 Å². The molecule has 3 rings (SSSR count). The van der Waals surface area contributed by atoms with Crippen molar-refractivity contribution < 1.29 is 9.90 Å². The van der Waals surface area contributed by atoms with Gasteiger partial charge in [0.25, 0.3) is 5.56 Å². The Kier molecular flexibility index (Phi) is 5.32. The smallest absolute Gasteiger partial charge is 0.333 e. The molecule has 1 aromatic carbocycles. The van der Waals surface area contributed by atoms with Crippen molar-refractivity contribution in [3.8, 4) is 5.88 Å². The van der Waals surface area contributed by atoms with E-state index in [-0.39, 0.29) is 30.0 Å². The van der Waals surface area contributed by atoms with Crippen molar-refractivity contribution in [2.75, 3.05) is 19.0 Å². The molecule has 0 spiro atoms. The normalized spacial score (nSPS) is 16.1. The fourth-order valence-electron chi connectivity index (χ4n) is 3.39. The zero-order valence-corrected chi connectivity index (χ0v) is 17.2. The van der Waals surface area contributed by atoms with Gasteiger partial charge in [0.05, 0.1) is 11.8 Å². The maximum atomic E-state index is 12.7. The van der Waals surface area contributed by atoms with Gasteiger partial charge in [-0.2, -0.15) is 5.10 Å². The molecule has 154 valence electrons. The average Bonchev–Trinajstić information content (AvgIpc) is 3.15. The summed E-state index contributed by atoms with van der Waals surface area (Å²) in [5, 5.41) is 16.2. The summed E-state index contributed by atoms with van der Waals surface area (Å²) < 4.78 is 1.91. The molecule has 29 heavy (non-hydrogen) atoms. The summed E-state index contributed by atoms with van der Waals surface area (Å²) in [4.78, 5) is 39.2. The number of hydrogen-bond donors (Lipinski definition) is 1. The summed E-state index contributed by atoms with van der Waals surface area (Å²) >= 11 is 0. The minimum Gasteiger partial charge on any atom is -0.494 e. The minimum absolute atomic E-state index is 0.0593. The first-order valence-electron chi connectivity index (χ1n) is 9.33. The van der Waals surface area contributed by atoms with E-state index in [9.17, 15) is 19.5 Å². The third-order valence-corrected chi connectivity index (χ3v) is 5.18. The van der Waals surface area contributed by atoms with E-state index >= 15 is 0 Å². The van der Waals surface area contributed by atoms with Crippen molar-refractivity contribution in [1.82, 2.24) is 14.1 Å². The van der Waals surface area contributed by atoms with E-state index in [1.54, 1.807) is 6.92 Å². The molecule has 1 aliphatic rings. The Morgan fingerprint density at radius 1 is 1.17 bits per heavy atom. The van der Waals surface area contributed by atoms with Gasteiger partial charge in [-0.15, -0.1) is 0 Å². The van der Waals surface area contributed by atoms with Crippen LogP contribution in [0.1, 0.15) is 36.9 Å². The molecular formula is C20H25N5O4. The van der Waals surface area contributed by atoms with Gasteiger partial charge >= 0.3 is 5.69 Å². The molecule has 1 aromatic heterocycles. The largest absolute Gasteiger partial charge is 0.494 e. The fraction of sp³-hybridized carbons (Fsp3) is 0.400. The standard InChI is InChI=1S/C20H25N5O4/c1-6-16(26)25-15(12-7-9-13(10-8-12)22(2)3)11-14(21-25)17-18(27)23(4)20(29)24(5)19(17)28/h7-10,15,27H,6,11H2,1-5H3/t15-/m0/s1. The second kappa shape index (κ2) is 7.57. The van der Waals surface area contributed by atoms with Crippen LogP contribution in [0, 0.1) is 0 Å². The van der Waals surface area contributed by atoms with Crippen molar-refractivity contribution in [3.05, 3.63) is 56.2 Å². The van der Waals surface area contributed by atoms with Crippen LogP contribution in [0.15, 0.2) is 39.0 Å². The van der Waals surface area contributed by atoms with Crippen molar-refractivity contribution in [2.24, 2.45) is 19.2 Å². The fourth-order valence-corrected chi connectivity index (χ4v) is 3.39. The number of carbonyl (C=O) groups excluding carboxylic acids is 1. The molecular weight excluding hydrogens is 374 g/mol. The maximum Gasteiger partial charge on any atom is 0.333 e. The van der Waals surface area contributed by atoms with E-state index in [2.05, 4.69) is 5.10 Å². The zero-order valence-electron chi connectivity index (χ0n) is 17.2. The van der Waals surface area contributed by atoms with Gasteiger partial charge in [0.1, 0.15) is 5.56 Å². The second-order valence-electron chi connectivity index (χ2n) is 7.25. The van der Waals surface area contributed by atoms with Gasteiger partial charge in [-0.25, -0.2) is 9.80 Å². The third kappa shape index (κ3) is 3.43. The minimum atomic E-state index is -0.642. The van der Waals surface area contributed by atoms with Crippen LogP contribution in [0.3, 0.4) is 0 Å². The molecule has 2 aromatic rings. The molecule has 0 radical (unpaired) electrons. The summed E-state index contributed by atoms with van der Waals surface area (Å²) in [6, 6.07) is 7.35. The third-order valence-electron chi connectivity index (χ3n) is 5.18. The summed E-state index contributed by atoms with van der Waals surface area (Å²) in [5.74, 6) is -0.646. The number of hydrogen-bond acceptors (Lipinski definition) is 6. The Labute approximate surface area is 168 Å². The molecule has 9 heteroatoms. The van der Waals surface area contributed by atoms with Gasteiger partial charge < -0.3 is 10.0 Å². The SMILES string of the molecule is CCC(=O)N1N=C(c2c(O)n(C)c(=O)n(C)c2=O)C[C@H]1c1ccc(N(C)C)cc1. The zero-order chi connectivity index (χ0) is 21.5. The van der Waals surface area contributed by atoms with Gasteiger partial charge in [0.15, 0.2) is 0 Å². The molecule has 1 aliphatic heterocycles.